The van der Waals surface area contributed by atoms with E-state index in [2.05, 4.69) is 5.32 Å². The van der Waals surface area contributed by atoms with E-state index in [-0.39, 0.29) is 17.1 Å². The molecule has 11 heavy (non-hydrogen) atoms. The normalized spacial score (nSPS) is 23.4. The minimum atomic E-state index is 0.110. The Labute approximate surface area is 69.9 Å². The summed E-state index contributed by atoms with van der Waals surface area (Å²) in [4.78, 5) is 21.2. The highest BCUT2D eigenvalue weighted by atomic mass is 32.2. The third-order valence-electron chi connectivity index (χ3n) is 1.57. The maximum atomic E-state index is 10.7. The fourth-order valence-corrected chi connectivity index (χ4v) is 1.71. The highest BCUT2D eigenvalue weighted by Crippen LogP contribution is 2.12. The predicted molar refractivity (Wildman–Crippen MR) is 44.3 cm³/mol. The fourth-order valence-electron chi connectivity index (χ4n) is 1.02. The molecule has 1 unspecified atom stereocenters. The van der Waals surface area contributed by atoms with E-state index in [0.717, 1.165) is 12.2 Å². The second-order valence-corrected chi connectivity index (χ2v) is 3.80. The molecule has 0 aromatic heterocycles. The number of amides is 1. The molecule has 1 rings (SSSR count). The van der Waals surface area contributed by atoms with Crippen molar-refractivity contribution in [2.24, 2.45) is 0 Å². The van der Waals surface area contributed by atoms with Crippen LogP contribution in [0.1, 0.15) is 19.8 Å². The van der Waals surface area contributed by atoms with Gasteiger partial charge in [0.1, 0.15) is 0 Å². The number of thioether (sulfide) groups is 1. The summed E-state index contributed by atoms with van der Waals surface area (Å²) in [5.41, 5.74) is 0. The molecule has 0 radical (unpaired) electrons. The average Bonchev–Trinajstić information content (AvgIpc) is 2.31. The first-order valence-corrected chi connectivity index (χ1v) is 4.60. The lowest BCUT2D eigenvalue weighted by Crippen LogP contribution is -2.27. The number of carbonyl (C=O) groups is 2. The molecule has 1 atom stereocenters. The van der Waals surface area contributed by atoms with Crippen molar-refractivity contribution in [1.82, 2.24) is 5.32 Å². The van der Waals surface area contributed by atoms with Gasteiger partial charge in [0.2, 0.25) is 5.91 Å². The van der Waals surface area contributed by atoms with Gasteiger partial charge in [0, 0.05) is 25.1 Å². The molecule has 62 valence electrons. The van der Waals surface area contributed by atoms with E-state index in [1.807, 2.05) is 0 Å². The number of hydrogen-bond donors (Lipinski definition) is 1. The van der Waals surface area contributed by atoms with E-state index in [0.29, 0.717) is 6.42 Å². The molecular weight excluding hydrogens is 162 g/mol. The molecule has 0 aliphatic carbocycles. The number of nitrogens with one attached hydrogen (secondary N) is 1. The molecule has 1 aliphatic rings. The van der Waals surface area contributed by atoms with E-state index < -0.39 is 0 Å². The van der Waals surface area contributed by atoms with Crippen LogP contribution in [0.4, 0.5) is 0 Å². The van der Waals surface area contributed by atoms with E-state index in [1.165, 1.54) is 11.8 Å². The van der Waals surface area contributed by atoms with Gasteiger partial charge in [0.25, 0.3) is 0 Å². The van der Waals surface area contributed by atoms with Crippen LogP contribution in [0.5, 0.6) is 0 Å². The summed E-state index contributed by atoms with van der Waals surface area (Å²) in [6.45, 7) is 1.54. The standard InChI is InChI=1S/C7H11NO2S/c1-5(9)11-4-6-2-3-7(10)8-6/h6H,2-4H2,1H3,(H,8,10). The lowest BCUT2D eigenvalue weighted by molar-refractivity contribution is -0.119. The molecule has 3 nitrogen and oxygen atoms in total. The molecule has 1 aliphatic heterocycles. The minimum absolute atomic E-state index is 0.110. The SMILES string of the molecule is CC(=O)SCC1CCC(=O)N1. The van der Waals surface area contributed by atoms with Crippen molar-refractivity contribution in [3.63, 3.8) is 0 Å². The monoisotopic (exact) mass is 173 g/mol. The van der Waals surface area contributed by atoms with Gasteiger partial charge in [-0.25, -0.2) is 0 Å². The first-order valence-electron chi connectivity index (χ1n) is 3.61. The molecule has 4 heteroatoms. The fraction of sp³-hybridized carbons (Fsp3) is 0.714. The van der Waals surface area contributed by atoms with Crippen LogP contribution < -0.4 is 5.32 Å². The lowest BCUT2D eigenvalue weighted by Gasteiger charge is -2.06. The highest BCUT2D eigenvalue weighted by Gasteiger charge is 2.20. The quantitative estimate of drug-likeness (QED) is 0.663. The van der Waals surface area contributed by atoms with Crippen LogP contribution in [0, 0.1) is 0 Å². The Morgan fingerprint density at radius 3 is 3.00 bits per heavy atom. The van der Waals surface area contributed by atoms with Gasteiger partial charge in [0.15, 0.2) is 5.12 Å². The summed E-state index contributed by atoms with van der Waals surface area (Å²) < 4.78 is 0. The molecule has 0 spiro atoms. The summed E-state index contributed by atoms with van der Waals surface area (Å²) in [6.07, 6.45) is 1.49. The molecule has 1 fully saturated rings. The zero-order valence-electron chi connectivity index (χ0n) is 6.42. The summed E-state index contributed by atoms with van der Waals surface area (Å²) in [7, 11) is 0. The Balaban J connectivity index is 2.18. The van der Waals surface area contributed by atoms with E-state index in [9.17, 15) is 9.59 Å². The molecule has 1 N–H and O–H groups in total. The summed E-state index contributed by atoms with van der Waals surface area (Å²) in [5, 5.41) is 2.91. The predicted octanol–water partition coefficient (Wildman–Crippen LogP) is 0.545. The third-order valence-corrected chi connectivity index (χ3v) is 2.55. The van der Waals surface area contributed by atoms with Gasteiger partial charge in [-0.2, -0.15) is 0 Å². The van der Waals surface area contributed by atoms with Gasteiger partial charge in [0.05, 0.1) is 0 Å². The highest BCUT2D eigenvalue weighted by molar-refractivity contribution is 8.13. The van der Waals surface area contributed by atoms with Gasteiger partial charge in [-0.3, -0.25) is 9.59 Å². The van der Waals surface area contributed by atoms with Gasteiger partial charge in [-0.15, -0.1) is 0 Å². The maximum Gasteiger partial charge on any atom is 0.220 e. The molecular formula is C7H11NO2S. The second-order valence-electron chi connectivity index (χ2n) is 2.61. The van der Waals surface area contributed by atoms with E-state index in [4.69, 9.17) is 0 Å². The minimum Gasteiger partial charge on any atom is -0.353 e. The zero-order chi connectivity index (χ0) is 8.27. The molecule has 0 aromatic carbocycles. The molecule has 1 saturated heterocycles. The Hall–Kier alpha value is -0.510. The Kier molecular flexibility index (Phi) is 2.93. The van der Waals surface area contributed by atoms with E-state index >= 15 is 0 Å². The van der Waals surface area contributed by atoms with Crippen LogP contribution >= 0.6 is 11.8 Å². The summed E-state index contributed by atoms with van der Waals surface area (Å²) in [5.74, 6) is 0.834. The molecule has 0 bridgehead atoms. The van der Waals surface area contributed by atoms with Gasteiger partial charge >= 0.3 is 0 Å². The van der Waals surface area contributed by atoms with Crippen LogP contribution in [-0.2, 0) is 9.59 Å². The Bertz CT molecular complexity index is 181. The van der Waals surface area contributed by atoms with Crippen molar-refractivity contribution < 1.29 is 9.59 Å². The number of carbonyl (C=O) groups excluding carboxylic acids is 2. The molecule has 0 saturated carbocycles. The van der Waals surface area contributed by atoms with Crippen molar-refractivity contribution in [1.29, 1.82) is 0 Å². The van der Waals surface area contributed by atoms with Crippen molar-refractivity contribution in [2.45, 2.75) is 25.8 Å². The third kappa shape index (κ3) is 2.93. The van der Waals surface area contributed by atoms with Crippen molar-refractivity contribution in [3.05, 3.63) is 0 Å². The smallest absolute Gasteiger partial charge is 0.220 e. The molecule has 0 aromatic rings. The second kappa shape index (κ2) is 3.76. The Morgan fingerprint density at radius 1 is 1.82 bits per heavy atom. The molecule has 1 amide bonds. The van der Waals surface area contributed by atoms with Crippen LogP contribution in [0.3, 0.4) is 0 Å². The molecule has 1 heterocycles. The average molecular weight is 173 g/mol. The van der Waals surface area contributed by atoms with Crippen LogP contribution in [0.15, 0.2) is 0 Å². The van der Waals surface area contributed by atoms with Gasteiger partial charge in [-0.1, -0.05) is 11.8 Å². The van der Waals surface area contributed by atoms with Crippen LogP contribution in [0.2, 0.25) is 0 Å². The first-order chi connectivity index (χ1) is 5.18. The summed E-state index contributed by atoms with van der Waals surface area (Å²) >= 11 is 1.28. The van der Waals surface area contributed by atoms with Crippen molar-refractivity contribution >= 4 is 22.8 Å². The van der Waals surface area contributed by atoms with Crippen LogP contribution in [0.25, 0.3) is 0 Å². The van der Waals surface area contributed by atoms with Crippen molar-refractivity contribution in [2.75, 3.05) is 5.75 Å². The number of hydrogen-bond acceptors (Lipinski definition) is 3. The topological polar surface area (TPSA) is 46.2 Å². The lowest BCUT2D eigenvalue weighted by atomic mass is 10.2. The largest absolute Gasteiger partial charge is 0.353 e. The summed E-state index contributed by atoms with van der Waals surface area (Å²) in [6, 6.07) is 0.219. The first kappa shape index (κ1) is 8.59. The Morgan fingerprint density at radius 2 is 2.55 bits per heavy atom. The van der Waals surface area contributed by atoms with E-state index in [1.54, 1.807) is 6.92 Å². The zero-order valence-corrected chi connectivity index (χ0v) is 7.24. The van der Waals surface area contributed by atoms with Gasteiger partial charge < -0.3 is 5.32 Å². The van der Waals surface area contributed by atoms with Crippen LogP contribution in [-0.4, -0.2) is 22.8 Å². The van der Waals surface area contributed by atoms with Crippen molar-refractivity contribution in [3.8, 4) is 0 Å². The number of rotatable bonds is 2. The van der Waals surface area contributed by atoms with Gasteiger partial charge in [-0.05, 0) is 6.42 Å². The maximum absolute atomic E-state index is 10.7.